The molecule has 42 heavy (non-hydrogen) atoms. The Bertz CT molecular complexity index is 1480. The van der Waals surface area contributed by atoms with Crippen molar-refractivity contribution in [1.29, 1.82) is 0 Å². The van der Waals surface area contributed by atoms with Gasteiger partial charge in [-0.3, -0.25) is 14.9 Å². The number of hydrogen-bond acceptors (Lipinski definition) is 8. The van der Waals surface area contributed by atoms with Crippen molar-refractivity contribution in [2.75, 3.05) is 24.5 Å². The number of rotatable bonds is 7. The molecule has 2 aliphatic rings. The minimum Gasteiger partial charge on any atom is -0.460 e. The van der Waals surface area contributed by atoms with Crippen LogP contribution in [0.4, 0.5) is 37.1 Å². The smallest absolute Gasteiger partial charge is 0.416 e. The summed E-state index contributed by atoms with van der Waals surface area (Å²) in [7, 11) is 0. The van der Waals surface area contributed by atoms with E-state index in [1.54, 1.807) is 12.3 Å². The number of hydrogen-bond donors (Lipinski definition) is 2. The first-order chi connectivity index (χ1) is 19.8. The van der Waals surface area contributed by atoms with E-state index in [0.717, 1.165) is 24.6 Å². The number of aromatic nitrogens is 2. The van der Waals surface area contributed by atoms with Crippen LogP contribution in [0.1, 0.15) is 35.4 Å². The summed E-state index contributed by atoms with van der Waals surface area (Å²) in [6.07, 6.45) is -5.12. The average molecular weight is 612 g/mol. The molecule has 3 aromatic rings. The predicted molar refractivity (Wildman–Crippen MR) is 142 cm³/mol. The van der Waals surface area contributed by atoms with Gasteiger partial charge in [-0.15, -0.1) is 0 Å². The highest BCUT2D eigenvalue weighted by Gasteiger charge is 2.37. The molecule has 0 bridgehead atoms. The van der Waals surface area contributed by atoms with Gasteiger partial charge in [0.2, 0.25) is 5.95 Å². The molecule has 15 heteroatoms. The van der Waals surface area contributed by atoms with E-state index >= 15 is 0 Å². The number of amides is 2. The van der Waals surface area contributed by atoms with Gasteiger partial charge in [-0.05, 0) is 79.5 Å². The SMILES string of the molecule is O=C1NC(=O)/C(=C/c2ccnc(N3CCC(CNCc4ccc(-c5cc(C(F)(F)F)cc(C(F)(F)F)c5)o4)CC3)n2)S1. The van der Waals surface area contributed by atoms with Gasteiger partial charge in [-0.25, -0.2) is 9.97 Å². The lowest BCUT2D eigenvalue weighted by molar-refractivity contribution is -0.143. The second-order valence-electron chi connectivity index (χ2n) is 9.76. The van der Waals surface area contributed by atoms with Gasteiger partial charge in [0.1, 0.15) is 11.5 Å². The summed E-state index contributed by atoms with van der Waals surface area (Å²) in [5.41, 5.74) is -2.60. The van der Waals surface area contributed by atoms with Crippen molar-refractivity contribution >= 4 is 34.9 Å². The minimum absolute atomic E-state index is 0.0826. The van der Waals surface area contributed by atoms with Gasteiger partial charge >= 0.3 is 12.4 Å². The Kier molecular flexibility index (Phi) is 8.32. The Morgan fingerprint density at radius 3 is 2.33 bits per heavy atom. The lowest BCUT2D eigenvalue weighted by atomic mass is 9.97. The van der Waals surface area contributed by atoms with Gasteiger partial charge in [0, 0.05) is 24.8 Å². The second-order valence-corrected chi connectivity index (χ2v) is 10.8. The van der Waals surface area contributed by atoms with Crippen molar-refractivity contribution in [2.45, 2.75) is 31.7 Å². The van der Waals surface area contributed by atoms with Crippen molar-refractivity contribution in [3.63, 3.8) is 0 Å². The first-order valence-corrected chi connectivity index (χ1v) is 13.6. The maximum atomic E-state index is 13.2. The summed E-state index contributed by atoms with van der Waals surface area (Å²) in [6.45, 7) is 2.24. The van der Waals surface area contributed by atoms with Crippen LogP contribution in [0, 0.1) is 5.92 Å². The fourth-order valence-electron chi connectivity index (χ4n) is 4.61. The molecule has 2 amide bonds. The highest BCUT2D eigenvalue weighted by atomic mass is 32.2. The Morgan fingerprint density at radius 2 is 1.71 bits per heavy atom. The molecule has 0 radical (unpaired) electrons. The lowest BCUT2D eigenvalue weighted by Gasteiger charge is -2.32. The second kappa shape index (κ2) is 11.8. The van der Waals surface area contributed by atoms with E-state index < -0.39 is 34.6 Å². The molecule has 0 atom stereocenters. The molecule has 0 aliphatic carbocycles. The largest absolute Gasteiger partial charge is 0.460 e. The zero-order valence-electron chi connectivity index (χ0n) is 21.7. The van der Waals surface area contributed by atoms with Crippen LogP contribution in [0.2, 0.25) is 0 Å². The van der Waals surface area contributed by atoms with E-state index in [1.807, 2.05) is 4.90 Å². The molecule has 2 aliphatic heterocycles. The van der Waals surface area contributed by atoms with Gasteiger partial charge in [0.05, 0.1) is 28.3 Å². The maximum absolute atomic E-state index is 13.2. The van der Waals surface area contributed by atoms with E-state index in [-0.39, 0.29) is 28.8 Å². The predicted octanol–water partition coefficient (Wildman–Crippen LogP) is 6.10. The zero-order valence-corrected chi connectivity index (χ0v) is 22.5. The molecule has 2 saturated heterocycles. The number of nitrogens with one attached hydrogen (secondary N) is 2. The monoisotopic (exact) mass is 611 g/mol. The molecule has 1 aromatic carbocycles. The number of carbonyl (C=O) groups is 2. The van der Waals surface area contributed by atoms with Crippen LogP contribution >= 0.6 is 11.8 Å². The first-order valence-electron chi connectivity index (χ1n) is 12.8. The fraction of sp³-hybridized carbons (Fsp3) is 0.333. The summed E-state index contributed by atoms with van der Waals surface area (Å²) in [5, 5.41) is 5.00. The number of benzene rings is 1. The van der Waals surface area contributed by atoms with Crippen molar-refractivity contribution < 1.29 is 40.3 Å². The Labute approximate surface area is 239 Å². The zero-order chi connectivity index (χ0) is 30.1. The molecule has 2 fully saturated rings. The van der Waals surface area contributed by atoms with E-state index in [0.29, 0.717) is 55.1 Å². The van der Waals surface area contributed by atoms with Crippen LogP contribution in [0.25, 0.3) is 17.4 Å². The van der Waals surface area contributed by atoms with E-state index in [1.165, 1.54) is 18.2 Å². The van der Waals surface area contributed by atoms with E-state index in [9.17, 15) is 35.9 Å². The van der Waals surface area contributed by atoms with Gasteiger partial charge in [0.15, 0.2) is 0 Å². The third-order valence-electron chi connectivity index (χ3n) is 6.75. The van der Waals surface area contributed by atoms with Crippen molar-refractivity contribution in [3.8, 4) is 11.3 Å². The van der Waals surface area contributed by atoms with Crippen molar-refractivity contribution in [2.24, 2.45) is 5.92 Å². The summed E-state index contributed by atoms with van der Waals surface area (Å²) in [6, 6.07) is 5.87. The molecule has 5 rings (SSSR count). The molecular weight excluding hydrogens is 588 g/mol. The van der Waals surface area contributed by atoms with Gasteiger partial charge in [0.25, 0.3) is 11.1 Å². The summed E-state index contributed by atoms with van der Waals surface area (Å²) in [4.78, 5) is 34.3. The quantitative estimate of drug-likeness (QED) is 0.244. The Balaban J connectivity index is 1.14. The fourth-order valence-corrected chi connectivity index (χ4v) is 5.28. The number of piperidine rings is 1. The van der Waals surface area contributed by atoms with Crippen LogP contribution in [0.15, 0.2) is 51.9 Å². The number of imide groups is 1. The molecule has 0 unspecified atom stereocenters. The molecule has 4 heterocycles. The van der Waals surface area contributed by atoms with E-state index in [4.69, 9.17) is 4.42 Å². The minimum atomic E-state index is -4.94. The summed E-state index contributed by atoms with van der Waals surface area (Å²) in [5.74, 6) is 0.646. The highest BCUT2D eigenvalue weighted by Crippen LogP contribution is 2.39. The number of furan rings is 1. The van der Waals surface area contributed by atoms with Crippen LogP contribution in [0.5, 0.6) is 0 Å². The van der Waals surface area contributed by atoms with Crippen LogP contribution in [0.3, 0.4) is 0 Å². The van der Waals surface area contributed by atoms with Crippen LogP contribution in [-0.4, -0.2) is 40.7 Å². The normalized spacial score (nSPS) is 17.8. The number of halogens is 6. The summed E-state index contributed by atoms with van der Waals surface area (Å²) < 4.78 is 84.7. The van der Waals surface area contributed by atoms with Gasteiger partial charge < -0.3 is 14.6 Å². The number of alkyl halides is 6. The molecule has 8 nitrogen and oxygen atoms in total. The number of thioether (sulfide) groups is 1. The third-order valence-corrected chi connectivity index (χ3v) is 7.56. The molecular formula is C27H23F6N5O3S. The topological polar surface area (TPSA) is 100 Å². The number of carbonyl (C=O) groups excluding carboxylic acids is 2. The number of nitrogens with zero attached hydrogens (tertiary/aromatic N) is 3. The van der Waals surface area contributed by atoms with Crippen molar-refractivity contribution in [1.82, 2.24) is 20.6 Å². The van der Waals surface area contributed by atoms with Gasteiger partial charge in [-0.2, -0.15) is 26.3 Å². The maximum Gasteiger partial charge on any atom is 0.416 e. The molecule has 0 saturated carbocycles. The van der Waals surface area contributed by atoms with Crippen LogP contribution in [-0.2, 0) is 23.7 Å². The molecule has 222 valence electrons. The molecule has 2 N–H and O–H groups in total. The Morgan fingerprint density at radius 1 is 1.02 bits per heavy atom. The lowest BCUT2D eigenvalue weighted by Crippen LogP contribution is -2.38. The Hall–Kier alpha value is -3.85. The highest BCUT2D eigenvalue weighted by molar-refractivity contribution is 8.18. The van der Waals surface area contributed by atoms with Gasteiger partial charge in [-0.1, -0.05) is 0 Å². The third kappa shape index (κ3) is 7.13. The number of anilines is 1. The van der Waals surface area contributed by atoms with E-state index in [2.05, 4.69) is 20.6 Å². The molecule has 0 spiro atoms. The average Bonchev–Trinajstić information content (AvgIpc) is 3.53. The molecule has 2 aromatic heterocycles. The first kappa shape index (κ1) is 29.6. The van der Waals surface area contributed by atoms with Crippen molar-refractivity contribution in [3.05, 3.63) is 70.1 Å². The van der Waals surface area contributed by atoms with Crippen LogP contribution < -0.4 is 15.5 Å². The summed E-state index contributed by atoms with van der Waals surface area (Å²) >= 11 is 0.811. The standard InChI is InChI=1S/C27H23F6N5O3S/c28-26(29,30)17-9-16(10-18(11-17)27(31,32)33)21-2-1-20(41-21)14-34-13-15-4-7-38(8-5-15)24-35-6-3-19(36-24)12-22-23(39)37-25(40)42-22/h1-3,6,9-12,15,34H,4-5,7-8,13-14H2,(H,37,39,40)/b22-12-.